The molecule has 0 radical (unpaired) electrons. The van der Waals surface area contributed by atoms with Crippen LogP contribution in [-0.2, 0) is 4.74 Å². The average Bonchev–Trinajstić information content (AvgIpc) is 2.37. The molecule has 0 atom stereocenters. The number of benzene rings is 1. The summed E-state index contributed by atoms with van der Waals surface area (Å²) in [6.45, 7) is 3.98. The monoisotopic (exact) mass is 316 g/mol. The summed E-state index contributed by atoms with van der Waals surface area (Å²) >= 11 is 3.43. The van der Waals surface area contributed by atoms with Gasteiger partial charge in [-0.05, 0) is 31.0 Å². The van der Waals surface area contributed by atoms with Crippen LogP contribution in [0.5, 0.6) is 5.75 Å². The predicted octanol–water partition coefficient (Wildman–Crippen LogP) is 2.21. The third-order valence-electron chi connectivity index (χ3n) is 2.62. The number of methoxy groups -OCH3 is 1. The van der Waals surface area contributed by atoms with E-state index in [0.717, 1.165) is 42.8 Å². The molecule has 1 aromatic carbocycles. The molecule has 0 saturated carbocycles. The first-order valence-electron chi connectivity index (χ1n) is 6.52. The summed E-state index contributed by atoms with van der Waals surface area (Å²) in [5, 5.41) is 2.35. The van der Waals surface area contributed by atoms with Gasteiger partial charge >= 0.3 is 0 Å². The second kappa shape index (κ2) is 10.4. The molecule has 4 heteroatoms. The Morgan fingerprint density at radius 2 is 1.94 bits per heavy atom. The zero-order valence-corrected chi connectivity index (χ0v) is 12.6. The highest BCUT2D eigenvalue weighted by Gasteiger charge is 1.96. The number of hydrogen-bond acceptors (Lipinski definition) is 2. The first-order chi connectivity index (χ1) is 8.83. The summed E-state index contributed by atoms with van der Waals surface area (Å²) in [5.41, 5.74) is 0. The molecule has 0 aliphatic carbocycles. The Morgan fingerprint density at radius 3 is 2.72 bits per heavy atom. The SMILES string of the molecule is COCCC[NH2+]CCCCOc1cccc(Br)c1. The summed E-state index contributed by atoms with van der Waals surface area (Å²) in [6.07, 6.45) is 3.43. The van der Waals surface area contributed by atoms with Crippen molar-refractivity contribution in [2.24, 2.45) is 0 Å². The van der Waals surface area contributed by atoms with Gasteiger partial charge in [0.1, 0.15) is 5.75 Å². The summed E-state index contributed by atoms with van der Waals surface area (Å²) in [5.74, 6) is 0.938. The lowest BCUT2D eigenvalue weighted by Crippen LogP contribution is -2.84. The molecule has 0 aliphatic rings. The van der Waals surface area contributed by atoms with E-state index in [4.69, 9.17) is 9.47 Å². The highest BCUT2D eigenvalue weighted by molar-refractivity contribution is 9.10. The summed E-state index contributed by atoms with van der Waals surface area (Å²) < 4.78 is 11.7. The lowest BCUT2D eigenvalue weighted by molar-refractivity contribution is -0.655. The molecular weight excluding hydrogens is 294 g/mol. The Morgan fingerprint density at radius 1 is 1.11 bits per heavy atom. The molecule has 2 N–H and O–H groups in total. The third-order valence-corrected chi connectivity index (χ3v) is 3.12. The Labute approximate surface area is 118 Å². The lowest BCUT2D eigenvalue weighted by Gasteiger charge is -2.06. The fourth-order valence-electron chi connectivity index (χ4n) is 1.65. The minimum atomic E-state index is 0.794. The quantitative estimate of drug-likeness (QED) is 0.672. The second-order valence-electron chi connectivity index (χ2n) is 4.23. The highest BCUT2D eigenvalue weighted by atomic mass is 79.9. The van der Waals surface area contributed by atoms with Crippen molar-refractivity contribution in [1.82, 2.24) is 0 Å². The van der Waals surface area contributed by atoms with Crippen molar-refractivity contribution >= 4 is 15.9 Å². The summed E-state index contributed by atoms with van der Waals surface area (Å²) in [4.78, 5) is 0. The first kappa shape index (κ1) is 15.5. The van der Waals surface area contributed by atoms with E-state index in [1.165, 1.54) is 13.0 Å². The molecule has 1 rings (SSSR count). The molecule has 3 nitrogen and oxygen atoms in total. The van der Waals surface area contributed by atoms with Gasteiger partial charge in [0.25, 0.3) is 0 Å². The topological polar surface area (TPSA) is 35.1 Å². The smallest absolute Gasteiger partial charge is 0.120 e. The molecule has 0 spiro atoms. The number of quaternary nitrogens is 1. The average molecular weight is 317 g/mol. The molecule has 0 aromatic heterocycles. The van der Waals surface area contributed by atoms with Gasteiger partial charge in [0.15, 0.2) is 0 Å². The zero-order chi connectivity index (χ0) is 13.1. The number of nitrogens with two attached hydrogens (primary N) is 1. The normalized spacial score (nSPS) is 10.6. The standard InChI is InChI=1S/C14H22BrNO2/c1-17-10-5-9-16-8-2-3-11-18-14-7-4-6-13(15)12-14/h4,6-7,12,16H,2-3,5,8-11H2,1H3/p+1. The molecule has 102 valence electrons. The molecule has 0 unspecified atom stereocenters. The van der Waals surface area contributed by atoms with Gasteiger partial charge in [0.05, 0.1) is 26.3 Å². The Bertz CT molecular complexity index is 320. The van der Waals surface area contributed by atoms with Gasteiger partial charge in [0, 0.05) is 18.0 Å². The van der Waals surface area contributed by atoms with E-state index in [1.807, 2.05) is 24.3 Å². The number of unbranched alkanes of at least 4 members (excludes halogenated alkanes) is 1. The Kier molecular flexibility index (Phi) is 8.90. The van der Waals surface area contributed by atoms with Crippen molar-refractivity contribution in [3.63, 3.8) is 0 Å². The maximum Gasteiger partial charge on any atom is 0.120 e. The Balaban J connectivity index is 1.92. The van der Waals surface area contributed by atoms with E-state index in [2.05, 4.69) is 21.2 Å². The van der Waals surface area contributed by atoms with Crippen molar-refractivity contribution in [3.8, 4) is 5.75 Å². The van der Waals surface area contributed by atoms with Crippen LogP contribution < -0.4 is 10.1 Å². The van der Waals surface area contributed by atoms with Crippen LogP contribution in [0.4, 0.5) is 0 Å². The number of ether oxygens (including phenoxy) is 2. The number of halogens is 1. The van der Waals surface area contributed by atoms with Crippen LogP contribution in [0.3, 0.4) is 0 Å². The van der Waals surface area contributed by atoms with Gasteiger partial charge in [0.2, 0.25) is 0 Å². The highest BCUT2D eigenvalue weighted by Crippen LogP contribution is 2.17. The Hall–Kier alpha value is -0.580. The molecule has 0 heterocycles. The first-order valence-corrected chi connectivity index (χ1v) is 7.31. The molecule has 0 saturated heterocycles. The summed E-state index contributed by atoms with van der Waals surface area (Å²) in [7, 11) is 1.75. The van der Waals surface area contributed by atoms with Gasteiger partial charge in [-0.15, -0.1) is 0 Å². The van der Waals surface area contributed by atoms with E-state index in [-0.39, 0.29) is 0 Å². The van der Waals surface area contributed by atoms with Crippen molar-refractivity contribution in [1.29, 1.82) is 0 Å². The van der Waals surface area contributed by atoms with E-state index in [0.29, 0.717) is 0 Å². The minimum absolute atomic E-state index is 0.794. The van der Waals surface area contributed by atoms with Gasteiger partial charge in [-0.25, -0.2) is 0 Å². The lowest BCUT2D eigenvalue weighted by atomic mass is 10.3. The van der Waals surface area contributed by atoms with E-state index in [9.17, 15) is 0 Å². The van der Waals surface area contributed by atoms with Crippen molar-refractivity contribution in [3.05, 3.63) is 28.7 Å². The molecule has 0 amide bonds. The van der Waals surface area contributed by atoms with Crippen LogP contribution in [0.2, 0.25) is 0 Å². The van der Waals surface area contributed by atoms with Crippen molar-refractivity contribution in [2.45, 2.75) is 19.3 Å². The molecule has 1 aromatic rings. The fourth-order valence-corrected chi connectivity index (χ4v) is 2.03. The molecule has 18 heavy (non-hydrogen) atoms. The molecule has 0 fully saturated rings. The number of rotatable bonds is 10. The van der Waals surface area contributed by atoms with Crippen LogP contribution in [0.25, 0.3) is 0 Å². The third kappa shape index (κ3) is 7.69. The maximum absolute atomic E-state index is 5.67. The zero-order valence-electron chi connectivity index (χ0n) is 11.0. The van der Waals surface area contributed by atoms with Crippen molar-refractivity contribution < 1.29 is 14.8 Å². The van der Waals surface area contributed by atoms with Crippen LogP contribution in [0.15, 0.2) is 28.7 Å². The van der Waals surface area contributed by atoms with Gasteiger partial charge < -0.3 is 14.8 Å². The second-order valence-corrected chi connectivity index (χ2v) is 5.14. The van der Waals surface area contributed by atoms with E-state index in [1.54, 1.807) is 7.11 Å². The summed E-state index contributed by atoms with van der Waals surface area (Å²) in [6, 6.07) is 7.98. The molecule has 0 bridgehead atoms. The fraction of sp³-hybridized carbons (Fsp3) is 0.571. The van der Waals surface area contributed by atoms with Crippen LogP contribution in [0, 0.1) is 0 Å². The van der Waals surface area contributed by atoms with Gasteiger partial charge in [-0.1, -0.05) is 22.0 Å². The molecule has 0 aliphatic heterocycles. The largest absolute Gasteiger partial charge is 0.494 e. The van der Waals surface area contributed by atoms with E-state index < -0.39 is 0 Å². The van der Waals surface area contributed by atoms with Crippen molar-refractivity contribution in [2.75, 3.05) is 33.4 Å². The van der Waals surface area contributed by atoms with Crippen LogP contribution in [0.1, 0.15) is 19.3 Å². The van der Waals surface area contributed by atoms with Gasteiger partial charge in [-0.3, -0.25) is 0 Å². The van der Waals surface area contributed by atoms with E-state index >= 15 is 0 Å². The van der Waals surface area contributed by atoms with Gasteiger partial charge in [-0.2, -0.15) is 0 Å². The maximum atomic E-state index is 5.67. The molecular formula is C14H23BrNO2+. The minimum Gasteiger partial charge on any atom is -0.494 e. The number of hydrogen-bond donors (Lipinski definition) is 1. The van der Waals surface area contributed by atoms with Crippen LogP contribution >= 0.6 is 15.9 Å². The predicted molar refractivity (Wildman–Crippen MR) is 77.0 cm³/mol. The van der Waals surface area contributed by atoms with Crippen LogP contribution in [-0.4, -0.2) is 33.4 Å².